The van der Waals surface area contributed by atoms with E-state index in [4.69, 9.17) is 20.4 Å². The SMILES string of the molecule is N/C(=N/O)c1cc(F)c(OC2CCOC2)c(F)c1. The lowest BCUT2D eigenvalue weighted by molar-refractivity contribution is 0.134. The van der Waals surface area contributed by atoms with Crippen molar-refractivity contribution in [3.8, 4) is 5.75 Å². The first kappa shape index (κ1) is 12.6. The van der Waals surface area contributed by atoms with Gasteiger partial charge in [0.25, 0.3) is 0 Å². The third-order valence-corrected chi connectivity index (χ3v) is 2.57. The Morgan fingerprint density at radius 3 is 2.61 bits per heavy atom. The lowest BCUT2D eigenvalue weighted by Gasteiger charge is -2.13. The van der Waals surface area contributed by atoms with Crippen molar-refractivity contribution in [3.63, 3.8) is 0 Å². The van der Waals surface area contributed by atoms with Crippen LogP contribution < -0.4 is 10.5 Å². The van der Waals surface area contributed by atoms with Gasteiger partial charge in [0.2, 0.25) is 0 Å². The Labute approximate surface area is 102 Å². The van der Waals surface area contributed by atoms with Crippen LogP contribution >= 0.6 is 0 Å². The molecule has 0 aliphatic carbocycles. The highest BCUT2D eigenvalue weighted by atomic mass is 19.1. The molecule has 5 nitrogen and oxygen atoms in total. The zero-order valence-electron chi connectivity index (χ0n) is 9.40. The number of nitrogens with zero attached hydrogens (tertiary/aromatic N) is 1. The molecule has 98 valence electrons. The highest BCUT2D eigenvalue weighted by Gasteiger charge is 2.22. The molecule has 0 saturated carbocycles. The molecular weight excluding hydrogens is 246 g/mol. The van der Waals surface area contributed by atoms with Crippen LogP contribution in [0.4, 0.5) is 8.78 Å². The predicted molar refractivity (Wildman–Crippen MR) is 58.7 cm³/mol. The van der Waals surface area contributed by atoms with Gasteiger partial charge in [-0.25, -0.2) is 8.78 Å². The quantitative estimate of drug-likeness (QED) is 0.370. The fraction of sp³-hybridized carbons (Fsp3) is 0.364. The Morgan fingerprint density at radius 2 is 2.11 bits per heavy atom. The van der Waals surface area contributed by atoms with E-state index in [2.05, 4.69) is 5.16 Å². The van der Waals surface area contributed by atoms with Gasteiger partial charge in [0, 0.05) is 12.0 Å². The van der Waals surface area contributed by atoms with Gasteiger partial charge < -0.3 is 20.4 Å². The summed E-state index contributed by atoms with van der Waals surface area (Å²) in [5, 5.41) is 11.1. The number of rotatable bonds is 3. The molecule has 1 aliphatic rings. The molecule has 0 bridgehead atoms. The second kappa shape index (κ2) is 5.18. The number of amidine groups is 1. The maximum absolute atomic E-state index is 13.7. The molecular formula is C11H12F2N2O3. The summed E-state index contributed by atoms with van der Waals surface area (Å²) in [4.78, 5) is 0. The van der Waals surface area contributed by atoms with E-state index in [0.29, 0.717) is 19.6 Å². The summed E-state index contributed by atoms with van der Waals surface area (Å²) in [7, 11) is 0. The number of hydrogen-bond donors (Lipinski definition) is 2. The molecule has 1 fully saturated rings. The van der Waals surface area contributed by atoms with E-state index in [1.165, 1.54) is 0 Å². The van der Waals surface area contributed by atoms with Crippen LogP contribution in [0.25, 0.3) is 0 Å². The van der Waals surface area contributed by atoms with Crippen LogP contribution in [-0.2, 0) is 4.74 Å². The zero-order valence-corrected chi connectivity index (χ0v) is 9.40. The molecule has 1 aromatic carbocycles. The molecule has 7 heteroatoms. The molecule has 0 aromatic heterocycles. The highest BCUT2D eigenvalue weighted by molar-refractivity contribution is 5.97. The average Bonchev–Trinajstić information content (AvgIpc) is 2.85. The fourth-order valence-corrected chi connectivity index (χ4v) is 1.65. The molecule has 1 heterocycles. The lowest BCUT2D eigenvalue weighted by atomic mass is 10.2. The summed E-state index contributed by atoms with van der Waals surface area (Å²) >= 11 is 0. The molecule has 0 amide bonds. The highest BCUT2D eigenvalue weighted by Crippen LogP contribution is 2.26. The summed E-state index contributed by atoms with van der Waals surface area (Å²) in [6, 6.07) is 1.90. The molecule has 1 unspecified atom stereocenters. The second-order valence-electron chi connectivity index (χ2n) is 3.86. The topological polar surface area (TPSA) is 77.1 Å². The van der Waals surface area contributed by atoms with Crippen LogP contribution in [-0.4, -0.2) is 30.4 Å². The van der Waals surface area contributed by atoms with Gasteiger partial charge in [-0.1, -0.05) is 5.16 Å². The monoisotopic (exact) mass is 258 g/mol. The predicted octanol–water partition coefficient (Wildman–Crippen LogP) is 1.23. The normalized spacial score (nSPS) is 20.1. The van der Waals surface area contributed by atoms with E-state index in [1.807, 2.05) is 0 Å². The van der Waals surface area contributed by atoms with Crippen molar-refractivity contribution in [2.75, 3.05) is 13.2 Å². The van der Waals surface area contributed by atoms with Gasteiger partial charge in [-0.05, 0) is 12.1 Å². The van der Waals surface area contributed by atoms with Crippen molar-refractivity contribution in [1.82, 2.24) is 0 Å². The minimum absolute atomic E-state index is 0.0532. The van der Waals surface area contributed by atoms with Crippen molar-refractivity contribution in [1.29, 1.82) is 0 Å². The largest absolute Gasteiger partial charge is 0.482 e. The van der Waals surface area contributed by atoms with Crippen LogP contribution in [0.1, 0.15) is 12.0 Å². The number of halogens is 2. The van der Waals surface area contributed by atoms with E-state index in [0.717, 1.165) is 12.1 Å². The molecule has 1 aliphatic heterocycles. The third-order valence-electron chi connectivity index (χ3n) is 2.57. The first-order valence-corrected chi connectivity index (χ1v) is 5.33. The average molecular weight is 258 g/mol. The maximum Gasteiger partial charge on any atom is 0.191 e. The van der Waals surface area contributed by atoms with Crippen LogP contribution in [0.15, 0.2) is 17.3 Å². The number of hydrogen-bond acceptors (Lipinski definition) is 4. The van der Waals surface area contributed by atoms with Gasteiger partial charge in [-0.2, -0.15) is 0 Å². The van der Waals surface area contributed by atoms with Crippen molar-refractivity contribution in [3.05, 3.63) is 29.3 Å². The summed E-state index contributed by atoms with van der Waals surface area (Å²) in [5.41, 5.74) is 5.20. The van der Waals surface area contributed by atoms with Crippen LogP contribution in [0.5, 0.6) is 5.75 Å². The van der Waals surface area contributed by atoms with Gasteiger partial charge in [-0.3, -0.25) is 0 Å². The molecule has 1 atom stereocenters. The van der Waals surface area contributed by atoms with E-state index < -0.39 is 17.4 Å². The zero-order chi connectivity index (χ0) is 13.1. The first-order valence-electron chi connectivity index (χ1n) is 5.33. The molecule has 2 rings (SSSR count). The smallest absolute Gasteiger partial charge is 0.191 e. The van der Waals surface area contributed by atoms with Crippen molar-refractivity contribution < 1.29 is 23.5 Å². The van der Waals surface area contributed by atoms with Crippen molar-refractivity contribution >= 4 is 5.84 Å². The second-order valence-corrected chi connectivity index (χ2v) is 3.86. The first-order chi connectivity index (χ1) is 8.61. The van der Waals surface area contributed by atoms with E-state index in [-0.39, 0.29) is 17.5 Å². The van der Waals surface area contributed by atoms with Crippen molar-refractivity contribution in [2.24, 2.45) is 10.9 Å². The van der Waals surface area contributed by atoms with E-state index in [1.54, 1.807) is 0 Å². The Hall–Kier alpha value is -1.89. The van der Waals surface area contributed by atoms with E-state index in [9.17, 15) is 8.78 Å². The molecule has 0 radical (unpaired) electrons. The third kappa shape index (κ3) is 2.51. The molecule has 18 heavy (non-hydrogen) atoms. The van der Waals surface area contributed by atoms with E-state index >= 15 is 0 Å². The summed E-state index contributed by atoms with van der Waals surface area (Å²) in [6.45, 7) is 0.816. The Kier molecular flexibility index (Phi) is 3.61. The Balaban J connectivity index is 2.26. The van der Waals surface area contributed by atoms with Gasteiger partial charge in [0.05, 0.1) is 13.2 Å². The maximum atomic E-state index is 13.7. The minimum Gasteiger partial charge on any atom is -0.482 e. The molecule has 1 saturated heterocycles. The molecule has 0 spiro atoms. The molecule has 1 aromatic rings. The van der Waals surface area contributed by atoms with Crippen LogP contribution in [0.2, 0.25) is 0 Å². The number of benzene rings is 1. The van der Waals surface area contributed by atoms with Crippen molar-refractivity contribution in [2.45, 2.75) is 12.5 Å². The van der Waals surface area contributed by atoms with Crippen LogP contribution in [0, 0.1) is 11.6 Å². The standard InChI is InChI=1S/C11H12F2N2O3/c12-8-3-6(11(14)15-16)4-9(13)10(8)18-7-1-2-17-5-7/h3-4,7,16H,1-2,5H2,(H2,14,15). The fourth-order valence-electron chi connectivity index (χ4n) is 1.65. The van der Waals surface area contributed by atoms with Gasteiger partial charge in [0.1, 0.15) is 6.10 Å². The van der Waals surface area contributed by atoms with Gasteiger partial charge in [0.15, 0.2) is 23.2 Å². The minimum atomic E-state index is -0.900. The molecule has 3 N–H and O–H groups in total. The van der Waals surface area contributed by atoms with Gasteiger partial charge >= 0.3 is 0 Å². The summed E-state index contributed by atoms with van der Waals surface area (Å²) in [5.74, 6) is -2.64. The van der Waals surface area contributed by atoms with Crippen LogP contribution in [0.3, 0.4) is 0 Å². The Bertz CT molecular complexity index is 450. The number of nitrogens with two attached hydrogens (primary N) is 1. The number of oxime groups is 1. The summed E-state index contributed by atoms with van der Waals surface area (Å²) < 4.78 is 37.6. The Morgan fingerprint density at radius 1 is 1.44 bits per heavy atom. The summed E-state index contributed by atoms with van der Waals surface area (Å²) in [6.07, 6.45) is 0.227. The van der Waals surface area contributed by atoms with Gasteiger partial charge in [-0.15, -0.1) is 0 Å². The lowest BCUT2D eigenvalue weighted by Crippen LogP contribution is -2.19. The number of ether oxygens (including phenoxy) is 2.